The lowest BCUT2D eigenvalue weighted by atomic mass is 10.9. The lowest BCUT2D eigenvalue weighted by Crippen LogP contribution is -1.57. The maximum Gasteiger partial charge on any atom is 0.106 e. The summed E-state index contributed by atoms with van der Waals surface area (Å²) in [6.45, 7) is 3.93. The molecule has 3 nitrogen and oxygen atoms in total. The van der Waals surface area contributed by atoms with Gasteiger partial charge in [0.25, 0.3) is 0 Å². The molecule has 0 rings (SSSR count). The molecule has 0 spiro atoms. The summed E-state index contributed by atoms with van der Waals surface area (Å²) >= 11 is 0. The molecule has 0 aromatic carbocycles. The van der Waals surface area contributed by atoms with Crippen molar-refractivity contribution in [3.8, 4) is 0 Å². The van der Waals surface area contributed by atoms with Crippen LogP contribution in [0.25, 0.3) is 0 Å². The normalized spacial score (nSPS) is 4.00. The second-order valence-electron chi connectivity index (χ2n) is 0.316. The number of aliphatic hydroxyl groups is 2. The molecule has 0 unspecified atom stereocenters. The lowest BCUT2D eigenvalue weighted by molar-refractivity contribution is -0.0979. The molecule has 0 aliphatic heterocycles. The Hall–Kier alpha value is -0.410. The highest BCUT2D eigenvalue weighted by Gasteiger charge is 1.34. The van der Waals surface area contributed by atoms with Crippen LogP contribution in [-0.2, 0) is 4.79 Å². The van der Waals surface area contributed by atoms with Crippen molar-refractivity contribution in [3.05, 3.63) is 0 Å². The molecule has 46 valence electrons. The minimum absolute atomic E-state index is 0.250. The van der Waals surface area contributed by atoms with E-state index in [0.717, 1.165) is 7.11 Å². The van der Waals surface area contributed by atoms with Gasteiger partial charge in [-0.25, -0.2) is 0 Å². The molecule has 0 atom stereocenters. The van der Waals surface area contributed by atoms with E-state index in [2.05, 4.69) is 0 Å². The van der Waals surface area contributed by atoms with E-state index in [9.17, 15) is 0 Å². The van der Waals surface area contributed by atoms with Crippen molar-refractivity contribution in [2.45, 2.75) is 6.92 Å². The van der Waals surface area contributed by atoms with E-state index in [0.29, 0.717) is 0 Å². The Bertz CT molecular complexity index is 10.9. The summed E-state index contributed by atoms with van der Waals surface area (Å²) in [5, 5.41) is 14.6. The van der Waals surface area contributed by atoms with Gasteiger partial charge in [-0.1, -0.05) is 0 Å². The molecule has 0 saturated heterocycles. The highest BCUT2D eigenvalue weighted by atomic mass is 16.2. The van der Waals surface area contributed by atoms with Gasteiger partial charge in [-0.05, 0) is 6.92 Å². The van der Waals surface area contributed by atoms with Crippen molar-refractivity contribution in [2.24, 2.45) is 0 Å². The van der Waals surface area contributed by atoms with E-state index < -0.39 is 0 Å². The van der Waals surface area contributed by atoms with Crippen molar-refractivity contribution >= 4 is 6.79 Å². The number of aliphatic hydroxyl groups excluding tert-OH is 2. The third kappa shape index (κ3) is 429. The molecule has 0 aliphatic rings. The molecular weight excluding hydrogens is 96.0 g/mol. The first-order chi connectivity index (χ1) is 3.41. The van der Waals surface area contributed by atoms with Crippen LogP contribution in [0.1, 0.15) is 6.92 Å². The largest absolute Gasteiger partial charge is 0.400 e. The molecular formula is C4H12O3. The molecule has 0 aromatic rings. The Labute approximate surface area is 43.6 Å². The third-order valence-corrected chi connectivity index (χ3v) is 0. The van der Waals surface area contributed by atoms with Crippen LogP contribution >= 0.6 is 0 Å². The predicted molar refractivity (Wildman–Crippen MR) is 28.0 cm³/mol. The molecule has 0 aromatic heterocycles. The standard InChI is InChI=1S/C2H6O.CH4O.CH2O/c1-2-3;2*1-2/h3H,2H2,1H3;2H,1H3;1H2. The smallest absolute Gasteiger partial charge is 0.106 e. The van der Waals surface area contributed by atoms with Crippen molar-refractivity contribution in [1.82, 2.24) is 0 Å². The van der Waals surface area contributed by atoms with E-state index in [1.54, 1.807) is 6.92 Å². The van der Waals surface area contributed by atoms with E-state index in [4.69, 9.17) is 15.0 Å². The molecule has 2 N–H and O–H groups in total. The maximum atomic E-state index is 8.00. The van der Waals surface area contributed by atoms with Gasteiger partial charge in [0, 0.05) is 13.7 Å². The van der Waals surface area contributed by atoms with Crippen LogP contribution in [-0.4, -0.2) is 30.7 Å². The first-order valence-electron chi connectivity index (χ1n) is 1.76. The number of rotatable bonds is 0. The lowest BCUT2D eigenvalue weighted by Gasteiger charge is -1.52. The van der Waals surface area contributed by atoms with Gasteiger partial charge < -0.3 is 15.0 Å². The number of carbonyl (C=O) groups excluding carboxylic acids is 1. The summed E-state index contributed by atoms with van der Waals surface area (Å²) < 4.78 is 0. The minimum Gasteiger partial charge on any atom is -0.400 e. The summed E-state index contributed by atoms with van der Waals surface area (Å²) in [4.78, 5) is 8.00. The Balaban J connectivity index is -0.0000000360. The zero-order chi connectivity index (χ0) is 6.71. The van der Waals surface area contributed by atoms with Gasteiger partial charge in [0.15, 0.2) is 0 Å². The second kappa shape index (κ2) is 338. The Kier molecular flexibility index (Phi) is 772. The van der Waals surface area contributed by atoms with Crippen molar-refractivity contribution in [2.75, 3.05) is 13.7 Å². The molecule has 3 heteroatoms. The van der Waals surface area contributed by atoms with Crippen LogP contribution in [0.2, 0.25) is 0 Å². The zero-order valence-corrected chi connectivity index (χ0v) is 4.72. The SMILES string of the molecule is C=O.CCO.CO. The first kappa shape index (κ1) is 16.0. The molecule has 0 bridgehead atoms. The quantitative estimate of drug-likeness (QED) is 0.436. The highest BCUT2D eigenvalue weighted by molar-refractivity contribution is 5.10. The van der Waals surface area contributed by atoms with Crippen LogP contribution in [0.3, 0.4) is 0 Å². The van der Waals surface area contributed by atoms with Crippen LogP contribution in [0, 0.1) is 0 Å². The summed E-state index contributed by atoms with van der Waals surface area (Å²) in [5.41, 5.74) is 0. The van der Waals surface area contributed by atoms with E-state index >= 15 is 0 Å². The van der Waals surface area contributed by atoms with Gasteiger partial charge in [-0.3, -0.25) is 0 Å². The van der Waals surface area contributed by atoms with E-state index in [-0.39, 0.29) is 6.61 Å². The van der Waals surface area contributed by atoms with Crippen LogP contribution < -0.4 is 0 Å². The first-order valence-corrected chi connectivity index (χ1v) is 1.76. The fourth-order valence-corrected chi connectivity index (χ4v) is 0. The summed E-state index contributed by atoms with van der Waals surface area (Å²) in [6, 6.07) is 0. The number of hydrogen-bond donors (Lipinski definition) is 2. The Morgan fingerprint density at radius 1 is 1.43 bits per heavy atom. The molecule has 7 heavy (non-hydrogen) atoms. The van der Waals surface area contributed by atoms with Crippen LogP contribution in [0.15, 0.2) is 0 Å². The van der Waals surface area contributed by atoms with Gasteiger partial charge in [0.05, 0.1) is 0 Å². The van der Waals surface area contributed by atoms with E-state index in [1.165, 1.54) is 0 Å². The molecule has 0 aliphatic carbocycles. The van der Waals surface area contributed by atoms with Crippen molar-refractivity contribution < 1.29 is 15.0 Å². The van der Waals surface area contributed by atoms with Crippen molar-refractivity contribution in [3.63, 3.8) is 0 Å². The second-order valence-corrected chi connectivity index (χ2v) is 0.316. The highest BCUT2D eigenvalue weighted by Crippen LogP contribution is 1.30. The fourth-order valence-electron chi connectivity index (χ4n) is 0. The van der Waals surface area contributed by atoms with Gasteiger partial charge in [0.2, 0.25) is 0 Å². The zero-order valence-electron chi connectivity index (χ0n) is 4.72. The van der Waals surface area contributed by atoms with Crippen LogP contribution in [0.5, 0.6) is 0 Å². The topological polar surface area (TPSA) is 57.5 Å². The third-order valence-electron chi connectivity index (χ3n) is 0. The molecule has 0 amide bonds. The average molecular weight is 108 g/mol. The van der Waals surface area contributed by atoms with Gasteiger partial charge in [-0.2, -0.15) is 0 Å². The molecule has 0 heterocycles. The molecule has 0 radical (unpaired) electrons. The molecule has 0 saturated carbocycles. The van der Waals surface area contributed by atoms with Gasteiger partial charge in [0.1, 0.15) is 6.79 Å². The van der Waals surface area contributed by atoms with Crippen LogP contribution in [0.4, 0.5) is 0 Å². The van der Waals surface area contributed by atoms with E-state index in [1.807, 2.05) is 6.79 Å². The summed E-state index contributed by atoms with van der Waals surface area (Å²) in [6.07, 6.45) is 0. The number of carbonyl (C=O) groups is 1. The maximum absolute atomic E-state index is 8.00. The van der Waals surface area contributed by atoms with Gasteiger partial charge in [-0.15, -0.1) is 0 Å². The summed E-state index contributed by atoms with van der Waals surface area (Å²) in [5.74, 6) is 0. The van der Waals surface area contributed by atoms with Gasteiger partial charge >= 0.3 is 0 Å². The summed E-state index contributed by atoms with van der Waals surface area (Å²) in [7, 11) is 1.00. The molecule has 0 fully saturated rings. The van der Waals surface area contributed by atoms with Crippen molar-refractivity contribution in [1.29, 1.82) is 0 Å². The fraction of sp³-hybridized carbons (Fsp3) is 0.750. The average Bonchev–Trinajstić information content (AvgIpc) is 1.78. The number of hydrogen-bond acceptors (Lipinski definition) is 3. The minimum atomic E-state index is 0.250. The monoisotopic (exact) mass is 108 g/mol. The Morgan fingerprint density at radius 3 is 1.43 bits per heavy atom. The Morgan fingerprint density at radius 2 is 1.43 bits per heavy atom. The predicted octanol–water partition coefficient (Wildman–Crippen LogP) is -0.578.